The van der Waals surface area contributed by atoms with Crippen molar-refractivity contribution in [3.8, 4) is 28.6 Å². The van der Waals surface area contributed by atoms with Crippen molar-refractivity contribution in [2.75, 3.05) is 14.2 Å². The second kappa shape index (κ2) is 7.62. The first-order valence-corrected chi connectivity index (χ1v) is 9.71. The van der Waals surface area contributed by atoms with Crippen molar-refractivity contribution in [2.24, 2.45) is 0 Å². The Balaban J connectivity index is 1.81. The van der Waals surface area contributed by atoms with Gasteiger partial charge in [-0.2, -0.15) is 0 Å². The number of rotatable bonds is 5. The highest BCUT2D eigenvalue weighted by atomic mass is 16.6. The Labute approximate surface area is 182 Å². The summed E-state index contributed by atoms with van der Waals surface area (Å²) < 4.78 is 12.7. The topological polar surface area (TPSA) is 105 Å². The zero-order valence-corrected chi connectivity index (χ0v) is 17.2. The largest absolute Gasteiger partial charge is 0.493 e. The normalized spacial score (nSPS) is 11.1. The van der Waals surface area contributed by atoms with Crippen LogP contribution in [0, 0.1) is 10.1 Å². The van der Waals surface area contributed by atoms with Crippen molar-refractivity contribution in [1.82, 2.24) is 19.5 Å². The number of methoxy groups -OCH3 is 2. The molecule has 9 nitrogen and oxygen atoms in total. The van der Waals surface area contributed by atoms with Gasteiger partial charge in [-0.3, -0.25) is 14.7 Å². The summed E-state index contributed by atoms with van der Waals surface area (Å²) in [6.45, 7) is 0. The summed E-state index contributed by atoms with van der Waals surface area (Å²) in [5.74, 6) is 1.70. The molecule has 0 N–H and O–H groups in total. The van der Waals surface area contributed by atoms with Crippen molar-refractivity contribution < 1.29 is 14.4 Å². The number of fused-ring (bicyclic) bond motifs is 2. The number of non-ortho nitro benzene ring substituents is 1. The van der Waals surface area contributed by atoms with E-state index in [0.717, 1.165) is 16.7 Å². The third-order valence-corrected chi connectivity index (χ3v) is 5.13. The molecule has 0 bridgehead atoms. The average molecular weight is 427 g/mol. The van der Waals surface area contributed by atoms with E-state index >= 15 is 0 Å². The fourth-order valence-electron chi connectivity index (χ4n) is 3.59. The molecule has 32 heavy (non-hydrogen) atoms. The smallest absolute Gasteiger partial charge is 0.269 e. The summed E-state index contributed by atoms with van der Waals surface area (Å²) in [6, 6.07) is 19.3. The average Bonchev–Trinajstić information content (AvgIpc) is 3.20. The van der Waals surface area contributed by atoms with E-state index in [0.29, 0.717) is 34.2 Å². The van der Waals surface area contributed by atoms with Crippen LogP contribution in [0.4, 0.5) is 5.69 Å². The molecule has 0 unspecified atom stereocenters. The summed E-state index contributed by atoms with van der Waals surface area (Å²) in [7, 11) is 3.14. The Morgan fingerprint density at radius 2 is 1.53 bits per heavy atom. The first-order valence-electron chi connectivity index (χ1n) is 9.71. The van der Waals surface area contributed by atoms with E-state index in [1.807, 2.05) is 41.0 Å². The number of nitro benzene ring substituents is 1. The predicted molar refractivity (Wildman–Crippen MR) is 119 cm³/mol. The molecular formula is C23H17N5O4. The van der Waals surface area contributed by atoms with Crippen molar-refractivity contribution in [2.45, 2.75) is 0 Å². The van der Waals surface area contributed by atoms with Crippen LogP contribution in [0.15, 0.2) is 66.7 Å². The number of nitro groups is 1. The van der Waals surface area contributed by atoms with Gasteiger partial charge in [0.15, 0.2) is 22.8 Å². The summed E-state index contributed by atoms with van der Waals surface area (Å²) in [6.07, 6.45) is 0. The summed E-state index contributed by atoms with van der Waals surface area (Å²) in [5.41, 5.74) is 3.92. The molecule has 0 atom stereocenters. The molecule has 0 saturated carbocycles. The van der Waals surface area contributed by atoms with Gasteiger partial charge < -0.3 is 9.47 Å². The Kier molecular flexibility index (Phi) is 4.63. The van der Waals surface area contributed by atoms with Gasteiger partial charge in [0, 0.05) is 23.8 Å². The molecule has 5 aromatic rings. The van der Waals surface area contributed by atoms with Crippen LogP contribution in [0.2, 0.25) is 0 Å². The van der Waals surface area contributed by atoms with Gasteiger partial charge in [-0.05, 0) is 36.4 Å². The lowest BCUT2D eigenvalue weighted by Crippen LogP contribution is -2.01. The highest BCUT2D eigenvalue weighted by Gasteiger charge is 2.19. The van der Waals surface area contributed by atoms with E-state index < -0.39 is 4.92 Å². The van der Waals surface area contributed by atoms with Crippen molar-refractivity contribution in [3.05, 3.63) is 76.8 Å². The summed E-state index contributed by atoms with van der Waals surface area (Å²) >= 11 is 0. The number of benzene rings is 3. The maximum Gasteiger partial charge on any atom is 0.269 e. The molecule has 0 saturated heterocycles. The number of para-hydroxylation sites is 2. The molecule has 9 heteroatoms. The Bertz CT molecular complexity index is 1480. The second-order valence-corrected chi connectivity index (χ2v) is 6.97. The number of hydrogen-bond acceptors (Lipinski definition) is 7. The molecule has 0 fully saturated rings. The molecule has 0 amide bonds. The van der Waals surface area contributed by atoms with Crippen LogP contribution in [0.5, 0.6) is 11.5 Å². The maximum absolute atomic E-state index is 11.1. The molecule has 5 rings (SSSR count). The SMILES string of the molecule is COc1ccc(-n2c(-c3ccc([N+](=O)[O-])cc3)nc3nc4ccccc4nc32)cc1OC. The van der Waals surface area contributed by atoms with Crippen molar-refractivity contribution in [3.63, 3.8) is 0 Å². The lowest BCUT2D eigenvalue weighted by Gasteiger charge is -2.13. The van der Waals surface area contributed by atoms with Crippen LogP contribution < -0.4 is 9.47 Å². The standard InChI is InChI=1S/C23H17N5O4/c1-31-19-12-11-16(13-20(19)32-2)27-22(14-7-9-15(10-8-14)28(29)30)26-21-23(27)25-18-6-4-3-5-17(18)24-21/h3-13H,1-2H3. The van der Waals surface area contributed by atoms with E-state index in [2.05, 4.69) is 4.98 Å². The minimum Gasteiger partial charge on any atom is -0.493 e. The third-order valence-electron chi connectivity index (χ3n) is 5.13. The van der Waals surface area contributed by atoms with E-state index in [1.54, 1.807) is 32.4 Å². The van der Waals surface area contributed by atoms with Gasteiger partial charge in [0.05, 0.1) is 35.9 Å². The van der Waals surface area contributed by atoms with Gasteiger partial charge in [0.1, 0.15) is 5.82 Å². The van der Waals surface area contributed by atoms with Gasteiger partial charge >= 0.3 is 0 Å². The number of ether oxygens (including phenoxy) is 2. The molecule has 158 valence electrons. The van der Waals surface area contributed by atoms with E-state index in [-0.39, 0.29) is 5.69 Å². The quantitative estimate of drug-likeness (QED) is 0.299. The Hall–Kier alpha value is -4.53. The molecule has 0 aliphatic carbocycles. The van der Waals surface area contributed by atoms with Crippen LogP contribution in [0.25, 0.3) is 39.4 Å². The van der Waals surface area contributed by atoms with Crippen molar-refractivity contribution in [1.29, 1.82) is 0 Å². The van der Waals surface area contributed by atoms with Crippen LogP contribution >= 0.6 is 0 Å². The minimum atomic E-state index is -0.434. The Morgan fingerprint density at radius 1 is 0.844 bits per heavy atom. The number of hydrogen-bond donors (Lipinski definition) is 0. The van der Waals surface area contributed by atoms with Crippen molar-refractivity contribution >= 4 is 28.0 Å². The lowest BCUT2D eigenvalue weighted by atomic mass is 10.2. The monoisotopic (exact) mass is 427 g/mol. The highest BCUT2D eigenvalue weighted by molar-refractivity contribution is 5.86. The molecule has 2 heterocycles. The molecule has 2 aromatic heterocycles. The van der Waals surface area contributed by atoms with Gasteiger partial charge in [0.2, 0.25) is 0 Å². The molecule has 0 aliphatic rings. The number of imidazole rings is 1. The molecule has 0 spiro atoms. The fraction of sp³-hybridized carbons (Fsp3) is 0.0870. The van der Waals surface area contributed by atoms with E-state index in [4.69, 9.17) is 19.4 Å². The highest BCUT2D eigenvalue weighted by Crippen LogP contribution is 2.34. The van der Waals surface area contributed by atoms with Gasteiger partial charge in [-0.25, -0.2) is 15.0 Å². The first-order chi connectivity index (χ1) is 15.6. The predicted octanol–water partition coefficient (Wildman–Crippen LogP) is 4.56. The second-order valence-electron chi connectivity index (χ2n) is 6.97. The van der Waals surface area contributed by atoms with Gasteiger partial charge in [-0.15, -0.1) is 0 Å². The third kappa shape index (κ3) is 3.16. The van der Waals surface area contributed by atoms with Crippen LogP contribution in [0.1, 0.15) is 0 Å². The molecule has 3 aromatic carbocycles. The summed E-state index contributed by atoms with van der Waals surface area (Å²) in [5, 5.41) is 11.1. The molecule has 0 radical (unpaired) electrons. The Morgan fingerprint density at radius 3 is 2.19 bits per heavy atom. The van der Waals surface area contributed by atoms with E-state index in [1.165, 1.54) is 12.1 Å². The fourth-order valence-corrected chi connectivity index (χ4v) is 3.59. The number of aromatic nitrogens is 4. The molecule has 0 aliphatic heterocycles. The lowest BCUT2D eigenvalue weighted by molar-refractivity contribution is -0.384. The van der Waals surface area contributed by atoms with Crippen LogP contribution in [0.3, 0.4) is 0 Å². The van der Waals surface area contributed by atoms with Gasteiger partial charge in [0.25, 0.3) is 5.69 Å². The number of nitrogens with zero attached hydrogens (tertiary/aromatic N) is 5. The first kappa shape index (κ1) is 19.4. The zero-order chi connectivity index (χ0) is 22.2. The van der Waals surface area contributed by atoms with Crippen LogP contribution in [-0.2, 0) is 0 Å². The van der Waals surface area contributed by atoms with Gasteiger partial charge in [-0.1, -0.05) is 12.1 Å². The zero-order valence-electron chi connectivity index (χ0n) is 17.2. The minimum absolute atomic E-state index is 0.00418. The molecular weight excluding hydrogens is 410 g/mol. The summed E-state index contributed by atoms with van der Waals surface area (Å²) in [4.78, 5) is 24.9. The van der Waals surface area contributed by atoms with Crippen LogP contribution in [-0.4, -0.2) is 38.7 Å². The maximum atomic E-state index is 11.1. The van der Waals surface area contributed by atoms with E-state index in [9.17, 15) is 10.1 Å².